The summed E-state index contributed by atoms with van der Waals surface area (Å²) in [5.41, 5.74) is 1.19. The number of carbonyl (C=O) groups is 2. The van der Waals surface area contributed by atoms with Crippen LogP contribution in [0.3, 0.4) is 0 Å². The molecule has 0 heterocycles. The van der Waals surface area contributed by atoms with E-state index >= 15 is 0 Å². The van der Waals surface area contributed by atoms with E-state index in [1.165, 1.54) is 17.0 Å². The summed E-state index contributed by atoms with van der Waals surface area (Å²) in [4.78, 5) is 28.5. The summed E-state index contributed by atoms with van der Waals surface area (Å²) in [5.74, 6) is -0.951. The van der Waals surface area contributed by atoms with Gasteiger partial charge in [0.15, 0.2) is 0 Å². The number of anilines is 1. The molecule has 0 unspecified atom stereocenters. The molecule has 0 aliphatic rings. The fraction of sp³-hybridized carbons (Fsp3) is 0.310. The average Bonchev–Trinajstić information content (AvgIpc) is 2.85. The Labute approximate surface area is 240 Å². The van der Waals surface area contributed by atoms with Gasteiger partial charge in [0.1, 0.15) is 12.6 Å². The van der Waals surface area contributed by atoms with Gasteiger partial charge in [-0.15, -0.1) is 0 Å². The number of sulfonamides is 1. The number of carbonyl (C=O) groups excluding carboxylic acids is 2. The molecular formula is C29H33Cl2N3O4S. The van der Waals surface area contributed by atoms with Gasteiger partial charge in [0, 0.05) is 22.1 Å². The fourth-order valence-electron chi connectivity index (χ4n) is 3.92. The van der Waals surface area contributed by atoms with Crippen molar-refractivity contribution in [2.75, 3.05) is 10.8 Å². The SMILES string of the molecule is Cc1cccc(N(CC(=O)N(Cc2ccc(Cl)cc2Cl)[C@H](C)C(=O)NC(C)(C)C)S(=O)(=O)c2ccccc2)c1. The lowest BCUT2D eigenvalue weighted by molar-refractivity contribution is -0.140. The number of hydrogen-bond acceptors (Lipinski definition) is 4. The van der Waals surface area contributed by atoms with Gasteiger partial charge in [-0.25, -0.2) is 8.42 Å². The van der Waals surface area contributed by atoms with Crippen LogP contribution in [0.5, 0.6) is 0 Å². The first-order valence-electron chi connectivity index (χ1n) is 12.4. The minimum Gasteiger partial charge on any atom is -0.350 e. The zero-order valence-electron chi connectivity index (χ0n) is 22.6. The highest BCUT2D eigenvalue weighted by atomic mass is 35.5. The number of hydrogen-bond donors (Lipinski definition) is 1. The number of rotatable bonds is 9. The lowest BCUT2D eigenvalue weighted by atomic mass is 10.1. The first-order chi connectivity index (χ1) is 18.2. The van der Waals surface area contributed by atoms with Crippen LogP contribution in [0.1, 0.15) is 38.8 Å². The second-order valence-corrected chi connectivity index (χ2v) is 13.0. The molecule has 0 aliphatic carbocycles. The van der Waals surface area contributed by atoms with Crippen molar-refractivity contribution in [2.24, 2.45) is 0 Å². The van der Waals surface area contributed by atoms with Crippen LogP contribution < -0.4 is 9.62 Å². The Bertz CT molecular complexity index is 1440. The minimum absolute atomic E-state index is 0.0272. The van der Waals surface area contributed by atoms with Crippen molar-refractivity contribution >= 4 is 50.7 Å². The molecule has 0 aliphatic heterocycles. The number of aryl methyl sites for hydroxylation is 1. The molecule has 3 rings (SSSR count). The molecular weight excluding hydrogens is 557 g/mol. The van der Waals surface area contributed by atoms with E-state index in [0.29, 0.717) is 21.3 Å². The molecule has 39 heavy (non-hydrogen) atoms. The number of halogens is 2. The third-order valence-corrected chi connectivity index (χ3v) is 8.30. The molecule has 3 aromatic rings. The highest BCUT2D eigenvalue weighted by molar-refractivity contribution is 7.92. The van der Waals surface area contributed by atoms with Gasteiger partial charge in [-0.05, 0) is 82.1 Å². The average molecular weight is 591 g/mol. The summed E-state index contributed by atoms with van der Waals surface area (Å²) in [6.45, 7) is 8.40. The summed E-state index contributed by atoms with van der Waals surface area (Å²) in [5, 5.41) is 3.65. The van der Waals surface area contributed by atoms with Crippen molar-refractivity contribution in [2.45, 2.75) is 57.6 Å². The third-order valence-electron chi connectivity index (χ3n) is 5.92. The van der Waals surface area contributed by atoms with E-state index in [4.69, 9.17) is 23.2 Å². The van der Waals surface area contributed by atoms with Crippen LogP contribution in [-0.4, -0.2) is 43.3 Å². The van der Waals surface area contributed by atoms with Crippen molar-refractivity contribution < 1.29 is 18.0 Å². The minimum atomic E-state index is -4.12. The predicted octanol–water partition coefficient (Wildman–Crippen LogP) is 5.83. The van der Waals surface area contributed by atoms with Crippen LogP contribution in [0.25, 0.3) is 0 Å². The highest BCUT2D eigenvalue weighted by Crippen LogP contribution is 2.27. The van der Waals surface area contributed by atoms with Crippen LogP contribution in [0.4, 0.5) is 5.69 Å². The van der Waals surface area contributed by atoms with Crippen molar-refractivity contribution in [3.05, 3.63) is 94.0 Å². The van der Waals surface area contributed by atoms with Crippen LogP contribution in [-0.2, 0) is 26.2 Å². The van der Waals surface area contributed by atoms with E-state index in [1.807, 2.05) is 33.8 Å². The number of nitrogens with one attached hydrogen (secondary N) is 1. The topological polar surface area (TPSA) is 86.8 Å². The molecule has 2 amide bonds. The van der Waals surface area contributed by atoms with E-state index in [9.17, 15) is 18.0 Å². The third kappa shape index (κ3) is 7.97. The molecule has 1 N–H and O–H groups in total. The molecule has 0 radical (unpaired) electrons. The van der Waals surface area contributed by atoms with E-state index in [-0.39, 0.29) is 17.3 Å². The summed E-state index contributed by atoms with van der Waals surface area (Å²) >= 11 is 12.5. The Morgan fingerprint density at radius 1 is 0.949 bits per heavy atom. The maximum Gasteiger partial charge on any atom is 0.264 e. The van der Waals surface area contributed by atoms with Gasteiger partial charge in [-0.2, -0.15) is 0 Å². The smallest absolute Gasteiger partial charge is 0.264 e. The Hall–Kier alpha value is -3.07. The fourth-order valence-corrected chi connectivity index (χ4v) is 5.82. The Morgan fingerprint density at radius 3 is 2.21 bits per heavy atom. The van der Waals surface area contributed by atoms with Gasteiger partial charge < -0.3 is 10.2 Å². The normalized spacial score (nSPS) is 12.5. The van der Waals surface area contributed by atoms with Crippen LogP contribution in [0.2, 0.25) is 10.0 Å². The molecule has 0 fully saturated rings. The first kappa shape index (κ1) is 30.5. The predicted molar refractivity (Wildman–Crippen MR) is 157 cm³/mol. The molecule has 0 saturated heterocycles. The van der Waals surface area contributed by atoms with Crippen LogP contribution >= 0.6 is 23.2 Å². The van der Waals surface area contributed by atoms with Gasteiger partial charge in [0.2, 0.25) is 11.8 Å². The Balaban J connectivity index is 2.05. The lowest BCUT2D eigenvalue weighted by Crippen LogP contribution is -2.54. The molecule has 0 spiro atoms. The number of benzene rings is 3. The molecule has 10 heteroatoms. The molecule has 0 saturated carbocycles. The molecule has 208 valence electrons. The van der Waals surface area contributed by atoms with E-state index in [1.54, 1.807) is 61.5 Å². The van der Waals surface area contributed by atoms with Gasteiger partial charge in [-0.3, -0.25) is 13.9 Å². The van der Waals surface area contributed by atoms with Gasteiger partial charge >= 0.3 is 0 Å². The summed E-state index contributed by atoms with van der Waals surface area (Å²) in [7, 11) is -4.12. The molecule has 0 bridgehead atoms. The van der Waals surface area contributed by atoms with E-state index in [2.05, 4.69) is 5.32 Å². The maximum absolute atomic E-state index is 14.0. The van der Waals surface area contributed by atoms with Crippen molar-refractivity contribution in [1.29, 1.82) is 0 Å². The second-order valence-electron chi connectivity index (χ2n) is 10.3. The van der Waals surface area contributed by atoms with Gasteiger partial charge in [0.05, 0.1) is 10.6 Å². The van der Waals surface area contributed by atoms with Crippen LogP contribution in [0.15, 0.2) is 77.7 Å². The summed E-state index contributed by atoms with van der Waals surface area (Å²) < 4.78 is 28.6. The van der Waals surface area contributed by atoms with E-state index in [0.717, 1.165) is 9.87 Å². The quantitative estimate of drug-likeness (QED) is 0.340. The summed E-state index contributed by atoms with van der Waals surface area (Å²) in [6.07, 6.45) is 0. The Kier molecular flexibility index (Phi) is 9.69. The highest BCUT2D eigenvalue weighted by Gasteiger charge is 2.33. The standard InChI is InChI=1S/C29H33Cl2N3O4S/c1-20-10-9-11-24(16-20)34(39(37,38)25-12-7-6-8-13-25)19-27(35)33(21(2)28(36)32-29(3,4)5)18-22-14-15-23(30)17-26(22)31/h6-17,21H,18-19H2,1-5H3,(H,32,36)/t21-/m1/s1. The van der Waals surface area contributed by atoms with Crippen molar-refractivity contribution in [1.82, 2.24) is 10.2 Å². The first-order valence-corrected chi connectivity index (χ1v) is 14.6. The van der Waals surface area contributed by atoms with Crippen LogP contribution in [0, 0.1) is 6.92 Å². The number of amides is 2. The Morgan fingerprint density at radius 2 is 1.62 bits per heavy atom. The maximum atomic E-state index is 14.0. The molecule has 7 nitrogen and oxygen atoms in total. The van der Waals surface area contributed by atoms with Crippen molar-refractivity contribution in [3.8, 4) is 0 Å². The van der Waals surface area contributed by atoms with Crippen molar-refractivity contribution in [3.63, 3.8) is 0 Å². The zero-order valence-corrected chi connectivity index (χ0v) is 24.9. The molecule has 3 aromatic carbocycles. The largest absolute Gasteiger partial charge is 0.350 e. The summed E-state index contributed by atoms with van der Waals surface area (Å²) in [6, 6.07) is 18.8. The second kappa shape index (κ2) is 12.4. The zero-order chi connectivity index (χ0) is 29.0. The molecule has 1 atom stereocenters. The van der Waals surface area contributed by atoms with E-state index < -0.39 is 34.1 Å². The monoisotopic (exact) mass is 589 g/mol. The number of nitrogens with zero attached hydrogens (tertiary/aromatic N) is 2. The lowest BCUT2D eigenvalue weighted by Gasteiger charge is -2.33. The van der Waals surface area contributed by atoms with Gasteiger partial charge in [-0.1, -0.05) is 59.6 Å². The molecule has 0 aromatic heterocycles. The van der Waals surface area contributed by atoms with Gasteiger partial charge in [0.25, 0.3) is 10.0 Å².